The quantitative estimate of drug-likeness (QED) is 0.600. The predicted octanol–water partition coefficient (Wildman–Crippen LogP) is 4.96. The molecule has 3 heterocycles. The van der Waals surface area contributed by atoms with E-state index < -0.39 is 5.41 Å². The molecule has 1 fully saturated rings. The summed E-state index contributed by atoms with van der Waals surface area (Å²) in [6.07, 6.45) is 3.05. The highest BCUT2D eigenvalue weighted by Gasteiger charge is 2.41. The maximum absolute atomic E-state index is 13.3. The maximum atomic E-state index is 13.3. The molecule has 2 aromatic heterocycles. The zero-order chi connectivity index (χ0) is 19.6. The summed E-state index contributed by atoms with van der Waals surface area (Å²) < 4.78 is 6.52. The molecule has 28 heavy (non-hydrogen) atoms. The molecule has 0 spiro atoms. The van der Waals surface area contributed by atoms with Crippen LogP contribution in [0.4, 0.5) is 5.82 Å². The molecule has 1 aliphatic rings. The van der Waals surface area contributed by atoms with Crippen molar-refractivity contribution in [3.8, 4) is 11.3 Å². The Hall–Kier alpha value is -2.09. The van der Waals surface area contributed by atoms with Gasteiger partial charge in [0.2, 0.25) is 5.91 Å². The molecule has 7 heteroatoms. The van der Waals surface area contributed by atoms with Crippen LogP contribution in [0.15, 0.2) is 52.4 Å². The summed E-state index contributed by atoms with van der Waals surface area (Å²) in [4.78, 5) is 22.2. The summed E-state index contributed by atoms with van der Waals surface area (Å²) in [6.45, 7) is 3.11. The number of amides is 1. The first-order valence-corrected chi connectivity index (χ1v) is 10.8. The van der Waals surface area contributed by atoms with Crippen LogP contribution in [0.3, 0.4) is 0 Å². The van der Waals surface area contributed by atoms with E-state index in [9.17, 15) is 4.79 Å². The highest BCUT2D eigenvalue weighted by molar-refractivity contribution is 9.10. The molecule has 0 radical (unpaired) electrons. The first-order chi connectivity index (χ1) is 13.6. The lowest BCUT2D eigenvalue weighted by atomic mass is 9.73. The largest absolute Gasteiger partial charge is 0.381 e. The molecule has 5 nitrogen and oxygen atoms in total. The smallest absolute Gasteiger partial charge is 0.236 e. The van der Waals surface area contributed by atoms with Gasteiger partial charge in [-0.15, -0.1) is 11.3 Å². The van der Waals surface area contributed by atoms with E-state index in [2.05, 4.69) is 31.2 Å². The fourth-order valence-corrected chi connectivity index (χ4v) is 4.37. The molecule has 1 N–H and O–H groups in total. The third-order valence-electron chi connectivity index (χ3n) is 5.10. The number of carbonyl (C=O) groups excluding carboxylic acids is 1. The predicted molar refractivity (Wildman–Crippen MR) is 115 cm³/mol. The standard InChI is InChI=1S/C21H20BrN3O2S/c1-14-24-18(13-28-14)15-2-7-19(23-12-15)25-20(26)21(8-10-27-11-9-21)16-3-5-17(22)6-4-16/h2-7,12-13H,8-11H2,1H3,(H,23,25,26). The number of aromatic nitrogens is 2. The van der Waals surface area contributed by atoms with Crippen LogP contribution < -0.4 is 5.32 Å². The highest BCUT2D eigenvalue weighted by Crippen LogP contribution is 2.36. The second-order valence-corrected chi connectivity index (χ2v) is 8.82. The molecule has 1 amide bonds. The third-order valence-corrected chi connectivity index (χ3v) is 6.40. The van der Waals surface area contributed by atoms with Gasteiger partial charge in [0.05, 0.1) is 16.1 Å². The lowest BCUT2D eigenvalue weighted by Crippen LogP contribution is -2.45. The minimum Gasteiger partial charge on any atom is -0.381 e. The van der Waals surface area contributed by atoms with Crippen LogP contribution in [0, 0.1) is 6.92 Å². The normalized spacial score (nSPS) is 15.9. The molecule has 4 rings (SSSR count). The molecule has 144 valence electrons. The number of pyridine rings is 1. The van der Waals surface area contributed by atoms with Crippen molar-refractivity contribution < 1.29 is 9.53 Å². The van der Waals surface area contributed by atoms with Crippen LogP contribution in [0.1, 0.15) is 23.4 Å². The fourth-order valence-electron chi connectivity index (χ4n) is 3.49. The van der Waals surface area contributed by atoms with Crippen LogP contribution in [-0.4, -0.2) is 29.1 Å². The van der Waals surface area contributed by atoms with Crippen molar-refractivity contribution in [3.63, 3.8) is 0 Å². The molecule has 0 unspecified atom stereocenters. The summed E-state index contributed by atoms with van der Waals surface area (Å²) in [5.41, 5.74) is 2.25. The molecule has 1 aliphatic heterocycles. The second kappa shape index (κ2) is 8.11. The van der Waals surface area contributed by atoms with Crippen molar-refractivity contribution in [1.82, 2.24) is 9.97 Å². The topological polar surface area (TPSA) is 64.1 Å². The molecule has 0 aliphatic carbocycles. The van der Waals surface area contributed by atoms with Crippen LogP contribution in [0.2, 0.25) is 0 Å². The van der Waals surface area contributed by atoms with Crippen molar-refractivity contribution in [3.05, 3.63) is 63.0 Å². The van der Waals surface area contributed by atoms with Crippen LogP contribution in [-0.2, 0) is 14.9 Å². The Bertz CT molecular complexity index is 964. The molecular formula is C21H20BrN3O2S. The average molecular weight is 458 g/mol. The van der Waals surface area contributed by atoms with Crippen LogP contribution in [0.5, 0.6) is 0 Å². The number of anilines is 1. The van der Waals surface area contributed by atoms with E-state index in [1.165, 1.54) is 0 Å². The molecule has 3 aromatic rings. The van der Waals surface area contributed by atoms with Crippen molar-refractivity contribution >= 4 is 39.0 Å². The molecule has 1 saturated heterocycles. The average Bonchev–Trinajstić information content (AvgIpc) is 3.16. The summed E-state index contributed by atoms with van der Waals surface area (Å²) in [5, 5.41) is 6.04. The number of halogens is 1. The summed E-state index contributed by atoms with van der Waals surface area (Å²) in [6, 6.07) is 11.7. The highest BCUT2D eigenvalue weighted by atomic mass is 79.9. The summed E-state index contributed by atoms with van der Waals surface area (Å²) in [5.74, 6) is 0.506. The Kier molecular flexibility index (Phi) is 5.57. The maximum Gasteiger partial charge on any atom is 0.236 e. The molecule has 0 bridgehead atoms. The van der Waals surface area contributed by atoms with Gasteiger partial charge in [0, 0.05) is 34.8 Å². The number of carbonyl (C=O) groups is 1. The summed E-state index contributed by atoms with van der Waals surface area (Å²) >= 11 is 5.07. The number of nitrogens with one attached hydrogen (secondary N) is 1. The number of thiazole rings is 1. The van der Waals surface area contributed by atoms with Gasteiger partial charge in [0.1, 0.15) is 5.82 Å². The lowest BCUT2D eigenvalue weighted by molar-refractivity contribution is -0.125. The molecule has 0 saturated carbocycles. The van der Waals surface area contributed by atoms with Gasteiger partial charge in [-0.3, -0.25) is 4.79 Å². The number of nitrogens with zero attached hydrogens (tertiary/aromatic N) is 2. The first kappa shape index (κ1) is 19.2. The molecular weight excluding hydrogens is 438 g/mol. The van der Waals surface area contributed by atoms with Crippen molar-refractivity contribution in [2.45, 2.75) is 25.2 Å². The Morgan fingerprint density at radius 1 is 1.18 bits per heavy atom. The Balaban J connectivity index is 1.57. The first-order valence-electron chi connectivity index (χ1n) is 9.11. The Morgan fingerprint density at radius 3 is 2.54 bits per heavy atom. The van der Waals surface area contributed by atoms with Crippen molar-refractivity contribution in [2.24, 2.45) is 0 Å². The van der Waals surface area contributed by atoms with Crippen molar-refractivity contribution in [2.75, 3.05) is 18.5 Å². The number of hydrogen-bond acceptors (Lipinski definition) is 5. The van der Waals surface area contributed by atoms with E-state index in [1.807, 2.05) is 48.7 Å². The van der Waals surface area contributed by atoms with Gasteiger partial charge in [-0.05, 0) is 49.6 Å². The van der Waals surface area contributed by atoms with Gasteiger partial charge in [-0.25, -0.2) is 9.97 Å². The van der Waals surface area contributed by atoms with Crippen LogP contribution >= 0.6 is 27.3 Å². The van der Waals surface area contributed by atoms with E-state index in [-0.39, 0.29) is 5.91 Å². The lowest BCUT2D eigenvalue weighted by Gasteiger charge is -2.36. The fraction of sp³-hybridized carbons (Fsp3) is 0.286. The van der Waals surface area contributed by atoms with E-state index in [0.717, 1.165) is 26.3 Å². The van der Waals surface area contributed by atoms with Gasteiger partial charge in [-0.1, -0.05) is 28.1 Å². The zero-order valence-electron chi connectivity index (χ0n) is 15.4. The van der Waals surface area contributed by atoms with Gasteiger partial charge in [0.15, 0.2) is 0 Å². The van der Waals surface area contributed by atoms with Crippen molar-refractivity contribution in [1.29, 1.82) is 0 Å². The second-order valence-electron chi connectivity index (χ2n) is 6.84. The third kappa shape index (κ3) is 3.87. The van der Waals surface area contributed by atoms with Gasteiger partial charge >= 0.3 is 0 Å². The number of aryl methyl sites for hydroxylation is 1. The number of hydrogen-bond donors (Lipinski definition) is 1. The van der Waals surface area contributed by atoms with E-state index >= 15 is 0 Å². The van der Waals surface area contributed by atoms with Crippen LogP contribution in [0.25, 0.3) is 11.3 Å². The number of ether oxygens (including phenoxy) is 1. The number of rotatable bonds is 4. The Morgan fingerprint density at radius 2 is 1.93 bits per heavy atom. The molecule has 0 atom stereocenters. The van der Waals surface area contributed by atoms with Gasteiger partial charge < -0.3 is 10.1 Å². The van der Waals surface area contributed by atoms with E-state index in [4.69, 9.17) is 4.74 Å². The minimum atomic E-state index is -0.606. The van der Waals surface area contributed by atoms with Gasteiger partial charge in [0.25, 0.3) is 0 Å². The summed E-state index contributed by atoms with van der Waals surface area (Å²) in [7, 11) is 0. The Labute approximate surface area is 176 Å². The minimum absolute atomic E-state index is 0.0390. The number of benzene rings is 1. The monoisotopic (exact) mass is 457 g/mol. The van der Waals surface area contributed by atoms with E-state index in [0.29, 0.717) is 31.9 Å². The van der Waals surface area contributed by atoms with Gasteiger partial charge in [-0.2, -0.15) is 0 Å². The SMILES string of the molecule is Cc1nc(-c2ccc(NC(=O)C3(c4ccc(Br)cc4)CCOCC3)nc2)cs1. The van der Waals surface area contributed by atoms with E-state index in [1.54, 1.807) is 17.5 Å². The zero-order valence-corrected chi connectivity index (χ0v) is 17.8. The molecule has 1 aromatic carbocycles.